The Morgan fingerprint density at radius 1 is 1.05 bits per heavy atom. The lowest BCUT2D eigenvalue weighted by Crippen LogP contribution is -2.51. The third-order valence-electron chi connectivity index (χ3n) is 4.95. The van der Waals surface area contributed by atoms with Crippen LogP contribution < -0.4 is 5.32 Å². The lowest BCUT2D eigenvalue weighted by molar-refractivity contribution is -0.0210. The molecular weight excluding hydrogens is 281 g/mol. The summed E-state index contributed by atoms with van der Waals surface area (Å²) in [5.74, 6) is 0. The van der Waals surface area contributed by atoms with Gasteiger partial charge in [0.2, 0.25) is 0 Å². The van der Waals surface area contributed by atoms with Gasteiger partial charge in [0.15, 0.2) is 0 Å². The maximum Gasteiger partial charge on any atom is 0.0879 e. The second-order valence-corrected chi connectivity index (χ2v) is 6.69. The van der Waals surface area contributed by atoms with Gasteiger partial charge in [0.1, 0.15) is 0 Å². The van der Waals surface area contributed by atoms with E-state index in [9.17, 15) is 5.11 Å². The van der Waals surface area contributed by atoms with E-state index in [0.29, 0.717) is 16.6 Å². The summed E-state index contributed by atoms with van der Waals surface area (Å²) in [6.07, 6.45) is 5.21. The molecule has 1 atom stereocenters. The van der Waals surface area contributed by atoms with Gasteiger partial charge >= 0.3 is 0 Å². The Morgan fingerprint density at radius 2 is 1.79 bits per heavy atom. The molecule has 3 rings (SSSR count). The van der Waals surface area contributed by atoms with Gasteiger partial charge in [-0.25, -0.2) is 0 Å². The summed E-state index contributed by atoms with van der Waals surface area (Å²) in [6.45, 7) is 1.56. The second kappa shape index (κ2) is 4.92. The molecule has 2 N–H and O–H groups in total. The molecule has 0 aromatic heterocycles. The zero-order valence-electron chi connectivity index (χ0n) is 10.9. The topological polar surface area (TPSA) is 32.3 Å². The quantitative estimate of drug-likeness (QED) is 0.875. The molecule has 0 unspecified atom stereocenters. The highest BCUT2D eigenvalue weighted by molar-refractivity contribution is 6.42. The van der Waals surface area contributed by atoms with Crippen molar-refractivity contribution in [3.05, 3.63) is 33.8 Å². The van der Waals surface area contributed by atoms with Gasteiger partial charge in [-0.1, -0.05) is 42.1 Å². The van der Waals surface area contributed by atoms with Crippen molar-refractivity contribution in [1.82, 2.24) is 5.32 Å². The monoisotopic (exact) mass is 299 g/mol. The van der Waals surface area contributed by atoms with E-state index in [1.807, 2.05) is 18.2 Å². The molecule has 0 bridgehead atoms. The van der Waals surface area contributed by atoms with Crippen molar-refractivity contribution in [2.45, 2.75) is 43.1 Å². The van der Waals surface area contributed by atoms with Crippen molar-refractivity contribution in [3.63, 3.8) is 0 Å². The highest BCUT2D eigenvalue weighted by Gasteiger charge is 2.53. The number of rotatable bonds is 2. The number of hydrogen-bond acceptors (Lipinski definition) is 2. The highest BCUT2D eigenvalue weighted by atomic mass is 35.5. The molecule has 1 aromatic carbocycles. The molecule has 1 aromatic rings. The summed E-state index contributed by atoms with van der Waals surface area (Å²) in [5, 5.41) is 15.6. The maximum absolute atomic E-state index is 11.1. The number of benzene rings is 1. The van der Waals surface area contributed by atoms with E-state index in [1.165, 1.54) is 12.8 Å². The molecule has 0 spiro atoms. The lowest BCUT2D eigenvalue weighted by atomic mass is 9.65. The fraction of sp³-hybridized carbons (Fsp3) is 0.600. The van der Waals surface area contributed by atoms with E-state index in [1.54, 1.807) is 0 Å². The predicted molar refractivity (Wildman–Crippen MR) is 79.0 cm³/mol. The van der Waals surface area contributed by atoms with E-state index in [2.05, 4.69) is 5.32 Å². The number of halogens is 2. The van der Waals surface area contributed by atoms with E-state index in [0.717, 1.165) is 31.4 Å². The van der Waals surface area contributed by atoms with Gasteiger partial charge in [0, 0.05) is 12.0 Å². The molecule has 19 heavy (non-hydrogen) atoms. The number of hydrogen-bond donors (Lipinski definition) is 2. The van der Waals surface area contributed by atoms with Gasteiger partial charge in [-0.3, -0.25) is 0 Å². The zero-order chi connectivity index (χ0) is 13.5. The summed E-state index contributed by atoms with van der Waals surface area (Å²) in [6, 6.07) is 5.84. The van der Waals surface area contributed by atoms with Crippen LogP contribution in [0, 0.1) is 0 Å². The molecule has 1 saturated heterocycles. The van der Waals surface area contributed by atoms with Gasteiger partial charge in [-0.15, -0.1) is 0 Å². The fourth-order valence-corrected chi connectivity index (χ4v) is 4.18. The first-order valence-corrected chi connectivity index (χ1v) is 7.72. The minimum Gasteiger partial charge on any atom is -0.388 e. The van der Waals surface area contributed by atoms with Crippen LogP contribution in [0.1, 0.15) is 37.7 Å². The number of β-amino-alcohol motifs (C(OH)–C–C–N with tert-alkyl or cyclic N) is 1. The van der Waals surface area contributed by atoms with Crippen molar-refractivity contribution in [3.8, 4) is 0 Å². The first-order valence-electron chi connectivity index (χ1n) is 6.96. The van der Waals surface area contributed by atoms with Gasteiger partial charge in [-0.05, 0) is 43.5 Å². The fourth-order valence-electron chi connectivity index (χ4n) is 3.88. The number of aliphatic hydroxyl groups is 1. The standard InChI is InChI=1S/C15H19Cl2NO/c16-12-4-3-11(9-13(12)17)14(5-1-2-6-14)15(19)7-8-18-10-15/h3-4,9,18-19H,1-2,5-8,10H2/t15-/m1/s1. The van der Waals surface area contributed by atoms with E-state index in [-0.39, 0.29) is 5.41 Å². The van der Waals surface area contributed by atoms with Crippen LogP contribution in [-0.2, 0) is 5.41 Å². The van der Waals surface area contributed by atoms with Gasteiger partial charge in [0.25, 0.3) is 0 Å². The summed E-state index contributed by atoms with van der Waals surface area (Å²) in [5.41, 5.74) is 0.330. The van der Waals surface area contributed by atoms with Crippen LogP contribution in [-0.4, -0.2) is 23.8 Å². The predicted octanol–water partition coefficient (Wildman–Crippen LogP) is 3.53. The lowest BCUT2D eigenvalue weighted by Gasteiger charge is -2.43. The first kappa shape index (κ1) is 13.7. The first-order chi connectivity index (χ1) is 9.07. The van der Waals surface area contributed by atoms with Gasteiger partial charge in [-0.2, -0.15) is 0 Å². The average Bonchev–Trinajstić information content (AvgIpc) is 3.03. The van der Waals surface area contributed by atoms with E-state index in [4.69, 9.17) is 23.2 Å². The molecule has 2 aliphatic rings. The highest BCUT2D eigenvalue weighted by Crippen LogP contribution is 2.51. The van der Waals surface area contributed by atoms with Crippen LogP contribution >= 0.6 is 23.2 Å². The Kier molecular flexibility index (Phi) is 3.55. The minimum atomic E-state index is -0.652. The van der Waals surface area contributed by atoms with Gasteiger partial charge in [0.05, 0.1) is 15.6 Å². The molecule has 0 radical (unpaired) electrons. The molecule has 1 aliphatic carbocycles. The van der Waals surface area contributed by atoms with Crippen LogP contribution in [0.3, 0.4) is 0 Å². The van der Waals surface area contributed by atoms with E-state index < -0.39 is 5.60 Å². The third-order valence-corrected chi connectivity index (χ3v) is 5.69. The number of nitrogens with one attached hydrogen (secondary N) is 1. The Hall–Kier alpha value is -0.280. The summed E-state index contributed by atoms with van der Waals surface area (Å²) in [7, 11) is 0. The van der Waals surface area contributed by atoms with Crippen LogP contribution in [0.4, 0.5) is 0 Å². The van der Waals surface area contributed by atoms with Crippen molar-refractivity contribution in [1.29, 1.82) is 0 Å². The largest absolute Gasteiger partial charge is 0.388 e. The van der Waals surface area contributed by atoms with Crippen molar-refractivity contribution < 1.29 is 5.11 Å². The Bertz CT molecular complexity index is 477. The molecule has 104 valence electrons. The normalized spacial score (nSPS) is 29.8. The van der Waals surface area contributed by atoms with Crippen LogP contribution in [0.5, 0.6) is 0 Å². The van der Waals surface area contributed by atoms with Crippen LogP contribution in [0.2, 0.25) is 10.0 Å². The van der Waals surface area contributed by atoms with Crippen molar-refractivity contribution in [2.75, 3.05) is 13.1 Å². The zero-order valence-corrected chi connectivity index (χ0v) is 12.4. The molecule has 2 nitrogen and oxygen atoms in total. The van der Waals surface area contributed by atoms with Crippen LogP contribution in [0.15, 0.2) is 18.2 Å². The Morgan fingerprint density at radius 3 is 2.37 bits per heavy atom. The molecular formula is C15H19Cl2NO. The third kappa shape index (κ3) is 2.09. The SMILES string of the molecule is O[C@]1(C2(c3ccc(Cl)c(Cl)c3)CCCC2)CCNC1. The Labute approximate surface area is 124 Å². The molecule has 1 saturated carbocycles. The van der Waals surface area contributed by atoms with Crippen molar-refractivity contribution >= 4 is 23.2 Å². The minimum absolute atomic E-state index is 0.162. The van der Waals surface area contributed by atoms with Crippen LogP contribution in [0.25, 0.3) is 0 Å². The summed E-state index contributed by atoms with van der Waals surface area (Å²) >= 11 is 12.2. The molecule has 2 fully saturated rings. The molecule has 1 heterocycles. The molecule has 0 amide bonds. The summed E-state index contributed by atoms with van der Waals surface area (Å²) in [4.78, 5) is 0. The van der Waals surface area contributed by atoms with Crippen molar-refractivity contribution in [2.24, 2.45) is 0 Å². The summed E-state index contributed by atoms with van der Waals surface area (Å²) < 4.78 is 0. The Balaban J connectivity index is 2.07. The van der Waals surface area contributed by atoms with E-state index >= 15 is 0 Å². The molecule has 1 aliphatic heterocycles. The second-order valence-electron chi connectivity index (χ2n) is 5.88. The smallest absolute Gasteiger partial charge is 0.0879 e. The molecule has 4 heteroatoms. The average molecular weight is 300 g/mol. The van der Waals surface area contributed by atoms with Gasteiger partial charge < -0.3 is 10.4 Å². The maximum atomic E-state index is 11.1.